The first-order valence-electron chi connectivity index (χ1n) is 25.6. The summed E-state index contributed by atoms with van der Waals surface area (Å²) in [7, 11) is 0. The number of hydrogen-bond acceptors (Lipinski definition) is 12. The molecule has 0 aliphatic carbocycles. The minimum atomic E-state index is -1.27. The third kappa shape index (κ3) is 16.7. The SMILES string of the molecule is CCCCCO[C@H]1O[C@H](COCc2ccccc2)[C@@H](OCc2ccccc2)[C@H](OCc2ccccc2)[C@@H]1OC1O[C@H](COCc2ccccc2)[C@@H](OCc2ccccc2)[C@H](OCc2ccccc2)[C@@H]1OC(C)=O. The molecule has 2 aliphatic rings. The van der Waals surface area contributed by atoms with E-state index in [9.17, 15) is 4.79 Å². The molecule has 2 saturated heterocycles. The van der Waals surface area contributed by atoms with Crippen molar-refractivity contribution >= 4 is 5.97 Å². The van der Waals surface area contributed by atoms with Gasteiger partial charge in [0.15, 0.2) is 18.7 Å². The summed E-state index contributed by atoms with van der Waals surface area (Å²) in [5.74, 6) is -0.556. The van der Waals surface area contributed by atoms with Crippen LogP contribution in [0.2, 0.25) is 0 Å². The molecule has 6 aromatic carbocycles. The second-order valence-corrected chi connectivity index (χ2v) is 18.4. The van der Waals surface area contributed by atoms with Crippen LogP contribution in [0, 0.1) is 0 Å². The summed E-state index contributed by atoms with van der Waals surface area (Å²) < 4.78 is 75.1. The monoisotopic (exact) mass is 994 g/mol. The molecule has 12 nitrogen and oxygen atoms in total. The second kappa shape index (κ2) is 29.3. The van der Waals surface area contributed by atoms with E-state index < -0.39 is 67.4 Å². The molecule has 0 bridgehead atoms. The Labute approximate surface area is 430 Å². The smallest absolute Gasteiger partial charge is 0.303 e. The molecule has 8 rings (SSSR count). The van der Waals surface area contributed by atoms with Gasteiger partial charge in [0.25, 0.3) is 0 Å². The van der Waals surface area contributed by atoms with Crippen LogP contribution >= 0.6 is 0 Å². The van der Waals surface area contributed by atoms with Crippen LogP contribution in [0.5, 0.6) is 0 Å². The molecule has 0 aromatic heterocycles. The van der Waals surface area contributed by atoms with Gasteiger partial charge < -0.3 is 52.1 Å². The highest BCUT2D eigenvalue weighted by molar-refractivity contribution is 5.66. The Hall–Kier alpha value is -5.61. The molecule has 0 amide bonds. The first kappa shape index (κ1) is 53.7. The van der Waals surface area contributed by atoms with Crippen LogP contribution in [0.25, 0.3) is 0 Å². The summed E-state index contributed by atoms with van der Waals surface area (Å²) in [4.78, 5) is 13.4. The van der Waals surface area contributed by atoms with E-state index >= 15 is 0 Å². The molecule has 0 radical (unpaired) electrons. The zero-order valence-electron chi connectivity index (χ0n) is 42.0. The van der Waals surface area contributed by atoms with Gasteiger partial charge in [0.1, 0.15) is 42.7 Å². The van der Waals surface area contributed by atoms with E-state index in [1.165, 1.54) is 6.92 Å². The highest BCUT2D eigenvalue weighted by Crippen LogP contribution is 2.37. The molecule has 2 heterocycles. The third-order valence-corrected chi connectivity index (χ3v) is 12.7. The van der Waals surface area contributed by atoms with E-state index in [1.807, 2.05) is 182 Å². The van der Waals surface area contributed by atoms with Crippen molar-refractivity contribution in [1.82, 2.24) is 0 Å². The Bertz CT molecular complexity index is 2420. The second-order valence-electron chi connectivity index (χ2n) is 18.4. The predicted molar refractivity (Wildman–Crippen MR) is 275 cm³/mol. The van der Waals surface area contributed by atoms with Gasteiger partial charge in [-0.2, -0.15) is 0 Å². The molecule has 73 heavy (non-hydrogen) atoms. The van der Waals surface area contributed by atoms with Crippen molar-refractivity contribution in [2.24, 2.45) is 0 Å². The number of hydrogen-bond donors (Lipinski definition) is 0. The van der Waals surface area contributed by atoms with Gasteiger partial charge in [0.05, 0.1) is 52.9 Å². The van der Waals surface area contributed by atoms with Crippen molar-refractivity contribution in [3.8, 4) is 0 Å². The van der Waals surface area contributed by atoms with Gasteiger partial charge >= 0.3 is 5.97 Å². The van der Waals surface area contributed by atoms with Crippen LogP contribution in [0.1, 0.15) is 66.5 Å². The number of unbranched alkanes of at least 4 members (excludes halogenated alkanes) is 2. The summed E-state index contributed by atoms with van der Waals surface area (Å²) in [6.45, 7) is 5.67. The van der Waals surface area contributed by atoms with Gasteiger partial charge in [-0.1, -0.05) is 202 Å². The van der Waals surface area contributed by atoms with Crippen molar-refractivity contribution in [2.75, 3.05) is 19.8 Å². The summed E-state index contributed by atoms with van der Waals surface area (Å²) in [5.41, 5.74) is 5.79. The lowest BCUT2D eigenvalue weighted by Gasteiger charge is -2.50. The van der Waals surface area contributed by atoms with E-state index in [-0.39, 0.29) is 39.6 Å². The molecule has 12 heteroatoms. The Morgan fingerprint density at radius 3 is 1.11 bits per heavy atom. The topological polar surface area (TPSA) is 119 Å². The number of esters is 1. The predicted octanol–water partition coefficient (Wildman–Crippen LogP) is 10.7. The number of ether oxygens (including phenoxy) is 11. The Balaban J connectivity index is 1.18. The quantitative estimate of drug-likeness (QED) is 0.0344. The molecule has 0 N–H and O–H groups in total. The van der Waals surface area contributed by atoms with Crippen molar-refractivity contribution in [1.29, 1.82) is 0 Å². The highest BCUT2D eigenvalue weighted by atomic mass is 16.8. The van der Waals surface area contributed by atoms with Gasteiger partial charge in [-0.25, -0.2) is 0 Å². The molecule has 6 aromatic rings. The van der Waals surface area contributed by atoms with Crippen molar-refractivity contribution in [2.45, 2.75) is 134 Å². The molecule has 2 aliphatic heterocycles. The van der Waals surface area contributed by atoms with E-state index in [0.29, 0.717) is 19.8 Å². The molecule has 0 saturated carbocycles. The average molecular weight is 995 g/mol. The van der Waals surface area contributed by atoms with E-state index in [4.69, 9.17) is 52.1 Å². The zero-order chi connectivity index (χ0) is 50.3. The van der Waals surface area contributed by atoms with Crippen LogP contribution in [0.3, 0.4) is 0 Å². The Morgan fingerprint density at radius 2 is 0.740 bits per heavy atom. The summed E-state index contributed by atoms with van der Waals surface area (Å²) in [5, 5.41) is 0. The number of rotatable bonds is 28. The van der Waals surface area contributed by atoms with Crippen LogP contribution in [0.15, 0.2) is 182 Å². The largest absolute Gasteiger partial charge is 0.454 e. The van der Waals surface area contributed by atoms with E-state index in [1.54, 1.807) is 0 Å². The lowest BCUT2D eigenvalue weighted by Crippen LogP contribution is -2.66. The standard InChI is InChI=1S/C61H70O12/c1-3-4-23-36-65-60-58(56(68-41-50-32-19-9-20-33-50)54(66-39-48-28-15-7-16-29-48)52(71-60)43-63-37-46-24-11-5-12-25-46)73-61-59(70-45(2)62)57(69-42-51-34-21-10-22-35-51)55(67-40-49-30-17-8-18-31-49)53(72-61)44-64-38-47-26-13-6-14-27-47/h5-22,24-35,52-61H,3-4,23,36-44H2,1-2H3/t52-,53-,54-,55-,56+,57+,58+,59+,60+,61?/m1/s1. The fraction of sp³-hybridized carbons (Fsp3) is 0.393. The normalized spacial score (nSPS) is 24.0. The minimum Gasteiger partial charge on any atom is -0.454 e. The molecular weight excluding hydrogens is 925 g/mol. The van der Waals surface area contributed by atoms with E-state index in [0.717, 1.165) is 52.6 Å². The van der Waals surface area contributed by atoms with Crippen molar-refractivity contribution in [3.63, 3.8) is 0 Å². The van der Waals surface area contributed by atoms with Gasteiger partial charge in [-0.15, -0.1) is 0 Å². The van der Waals surface area contributed by atoms with Gasteiger partial charge in [-0.3, -0.25) is 4.79 Å². The molecule has 0 spiro atoms. The maximum absolute atomic E-state index is 13.4. The summed E-state index contributed by atoms with van der Waals surface area (Å²) in [6, 6.07) is 59.6. The highest BCUT2D eigenvalue weighted by Gasteiger charge is 2.55. The molecule has 10 atom stereocenters. The Kier molecular flexibility index (Phi) is 21.6. The molecule has 2 fully saturated rings. The minimum absolute atomic E-state index is 0.0852. The van der Waals surface area contributed by atoms with Crippen LogP contribution < -0.4 is 0 Å². The van der Waals surface area contributed by atoms with E-state index in [2.05, 4.69) is 6.92 Å². The molecule has 386 valence electrons. The summed E-state index contributed by atoms with van der Waals surface area (Å²) >= 11 is 0. The summed E-state index contributed by atoms with van der Waals surface area (Å²) in [6.07, 6.45) is -6.49. The lowest BCUT2D eigenvalue weighted by molar-refractivity contribution is -0.380. The third-order valence-electron chi connectivity index (χ3n) is 12.7. The first-order chi connectivity index (χ1) is 36.0. The van der Waals surface area contributed by atoms with Crippen LogP contribution in [-0.2, 0) is 96.5 Å². The zero-order valence-corrected chi connectivity index (χ0v) is 42.0. The van der Waals surface area contributed by atoms with Gasteiger partial charge in [-0.05, 0) is 39.8 Å². The number of carbonyl (C=O) groups excluding carboxylic acids is 1. The first-order valence-corrected chi connectivity index (χ1v) is 25.6. The Morgan fingerprint density at radius 1 is 0.397 bits per heavy atom. The van der Waals surface area contributed by atoms with Crippen molar-refractivity contribution < 1.29 is 56.9 Å². The molecular formula is C61H70O12. The average Bonchev–Trinajstić information content (AvgIpc) is 3.43. The fourth-order valence-corrected chi connectivity index (χ4v) is 9.02. The fourth-order valence-electron chi connectivity index (χ4n) is 9.02. The van der Waals surface area contributed by atoms with Crippen LogP contribution in [-0.4, -0.2) is 87.2 Å². The number of carbonyl (C=O) groups is 1. The van der Waals surface area contributed by atoms with Crippen molar-refractivity contribution in [3.05, 3.63) is 215 Å². The lowest BCUT2D eigenvalue weighted by atomic mass is 9.96. The van der Waals surface area contributed by atoms with Crippen LogP contribution in [0.4, 0.5) is 0 Å². The molecule has 1 unspecified atom stereocenters. The number of benzene rings is 6. The van der Waals surface area contributed by atoms with Gasteiger partial charge in [0, 0.05) is 13.5 Å². The maximum atomic E-state index is 13.4. The maximum Gasteiger partial charge on any atom is 0.303 e. The van der Waals surface area contributed by atoms with Gasteiger partial charge in [0.2, 0.25) is 0 Å².